The number of hydrogen-bond donors (Lipinski definition) is 1. The largest absolute Gasteiger partial charge is 0.478 e. The van der Waals surface area contributed by atoms with E-state index in [-0.39, 0.29) is 17.3 Å². The maximum absolute atomic E-state index is 12.3. The number of piperazine rings is 1. The van der Waals surface area contributed by atoms with Gasteiger partial charge in [0.15, 0.2) is 6.10 Å². The van der Waals surface area contributed by atoms with Crippen molar-refractivity contribution in [3.05, 3.63) is 62.7 Å². The van der Waals surface area contributed by atoms with Gasteiger partial charge in [-0.1, -0.05) is 0 Å². The number of non-ortho nitro benzene ring substituents is 2. The third-order valence-corrected chi connectivity index (χ3v) is 5.50. The Balaban J connectivity index is 1.28. The van der Waals surface area contributed by atoms with Gasteiger partial charge in [0.25, 0.3) is 17.3 Å². The van der Waals surface area contributed by atoms with Gasteiger partial charge in [0, 0.05) is 69.1 Å². The minimum Gasteiger partial charge on any atom is -0.478 e. The van der Waals surface area contributed by atoms with Crippen molar-refractivity contribution >= 4 is 28.7 Å². The van der Waals surface area contributed by atoms with Gasteiger partial charge in [-0.15, -0.1) is 0 Å². The Kier molecular flexibility index (Phi) is 5.67. The number of hydrogen-bond acceptors (Lipinski definition) is 8. The van der Waals surface area contributed by atoms with Crippen molar-refractivity contribution in [1.82, 2.24) is 4.90 Å². The van der Waals surface area contributed by atoms with Crippen molar-refractivity contribution in [2.75, 3.05) is 42.9 Å². The molecule has 1 atom stereocenters. The Morgan fingerprint density at radius 1 is 0.968 bits per heavy atom. The van der Waals surface area contributed by atoms with Gasteiger partial charge >= 0.3 is 0 Å². The lowest BCUT2D eigenvalue weighted by Gasteiger charge is -2.36. The van der Waals surface area contributed by atoms with Gasteiger partial charge in [0.1, 0.15) is 5.75 Å². The molecule has 11 heteroatoms. The van der Waals surface area contributed by atoms with E-state index in [0.717, 1.165) is 31.9 Å². The third-order valence-electron chi connectivity index (χ3n) is 5.50. The highest BCUT2D eigenvalue weighted by atomic mass is 16.6. The number of amides is 1. The van der Waals surface area contributed by atoms with Crippen LogP contribution in [0, 0.1) is 20.2 Å². The van der Waals surface area contributed by atoms with Gasteiger partial charge in [-0.3, -0.25) is 29.9 Å². The molecule has 162 valence electrons. The molecule has 1 amide bonds. The van der Waals surface area contributed by atoms with Crippen LogP contribution in [-0.2, 0) is 4.79 Å². The first-order valence-electron chi connectivity index (χ1n) is 9.88. The molecule has 11 nitrogen and oxygen atoms in total. The van der Waals surface area contributed by atoms with Gasteiger partial charge in [0.2, 0.25) is 0 Å². The molecule has 1 saturated heterocycles. The molecular formula is C20H21N5O6. The van der Waals surface area contributed by atoms with Gasteiger partial charge in [-0.05, 0) is 18.2 Å². The average Bonchev–Trinajstić information content (AvgIpc) is 2.77. The number of fused-ring (bicyclic) bond motifs is 1. The summed E-state index contributed by atoms with van der Waals surface area (Å²) in [6.45, 7) is 3.83. The lowest BCUT2D eigenvalue weighted by atomic mass is 10.1. The van der Waals surface area contributed by atoms with E-state index in [2.05, 4.69) is 15.1 Å². The molecule has 0 aromatic heterocycles. The SMILES string of the molecule is O=C1Nc2cc([N+](=O)[O-])ccc2OC1CCN1CCN(c2ccc([N+](=O)[O-])cc2)CC1. The first kappa shape index (κ1) is 20.5. The van der Waals surface area contributed by atoms with E-state index in [1.54, 1.807) is 12.1 Å². The van der Waals surface area contributed by atoms with Gasteiger partial charge in [-0.25, -0.2) is 0 Å². The number of anilines is 2. The molecule has 1 fully saturated rings. The molecule has 0 radical (unpaired) electrons. The molecule has 0 aliphatic carbocycles. The highest BCUT2D eigenvalue weighted by Crippen LogP contribution is 2.33. The van der Waals surface area contributed by atoms with Crippen LogP contribution in [0.5, 0.6) is 5.75 Å². The second-order valence-corrected chi connectivity index (χ2v) is 7.42. The number of nitrogens with zero attached hydrogens (tertiary/aromatic N) is 4. The number of nitro groups is 2. The Hall–Kier alpha value is -3.73. The molecule has 2 heterocycles. The zero-order valence-corrected chi connectivity index (χ0v) is 16.6. The molecule has 2 aliphatic heterocycles. The molecule has 0 spiro atoms. The lowest BCUT2D eigenvalue weighted by molar-refractivity contribution is -0.385. The van der Waals surface area contributed by atoms with Gasteiger partial charge in [0.05, 0.1) is 15.5 Å². The zero-order chi connectivity index (χ0) is 22.0. The molecule has 0 saturated carbocycles. The minimum atomic E-state index is -0.651. The summed E-state index contributed by atoms with van der Waals surface area (Å²) in [5, 5.41) is 24.4. The number of ether oxygens (including phenoxy) is 1. The zero-order valence-electron chi connectivity index (χ0n) is 16.6. The maximum atomic E-state index is 12.3. The van der Waals surface area contributed by atoms with Crippen LogP contribution in [0.3, 0.4) is 0 Å². The summed E-state index contributed by atoms with van der Waals surface area (Å²) in [5.74, 6) is 0.121. The topological polar surface area (TPSA) is 131 Å². The van der Waals surface area contributed by atoms with Gasteiger partial charge < -0.3 is 15.0 Å². The summed E-state index contributed by atoms with van der Waals surface area (Å²) in [6, 6.07) is 10.7. The number of carbonyl (C=O) groups excluding carboxylic acids is 1. The number of nitrogens with one attached hydrogen (secondary N) is 1. The molecule has 1 N–H and O–H groups in total. The second-order valence-electron chi connectivity index (χ2n) is 7.42. The Morgan fingerprint density at radius 3 is 2.26 bits per heavy atom. The normalized spacial score (nSPS) is 18.6. The van der Waals surface area contributed by atoms with E-state index in [4.69, 9.17) is 4.74 Å². The number of benzene rings is 2. The molecule has 1 unspecified atom stereocenters. The van der Waals surface area contributed by atoms with E-state index < -0.39 is 16.0 Å². The number of nitro benzene ring substituents is 2. The van der Waals surface area contributed by atoms with Crippen LogP contribution in [0.2, 0.25) is 0 Å². The fraction of sp³-hybridized carbons (Fsp3) is 0.350. The maximum Gasteiger partial charge on any atom is 0.271 e. The first-order chi connectivity index (χ1) is 14.9. The Bertz CT molecular complexity index is 1000. The Morgan fingerprint density at radius 2 is 1.61 bits per heavy atom. The molecule has 31 heavy (non-hydrogen) atoms. The van der Waals surface area contributed by atoms with Crippen molar-refractivity contribution in [2.45, 2.75) is 12.5 Å². The monoisotopic (exact) mass is 427 g/mol. The van der Waals surface area contributed by atoms with E-state index in [9.17, 15) is 25.0 Å². The van der Waals surface area contributed by atoms with Crippen LogP contribution >= 0.6 is 0 Å². The fourth-order valence-electron chi connectivity index (χ4n) is 3.76. The molecule has 2 aromatic carbocycles. The smallest absolute Gasteiger partial charge is 0.271 e. The standard InChI is InChI=1S/C20H21N5O6/c26-20-19(31-18-6-5-16(25(29)30)13-17(18)21-20)7-8-22-9-11-23(12-10-22)14-1-3-15(4-2-14)24(27)28/h1-6,13,19H,7-12H2,(H,21,26). The highest BCUT2D eigenvalue weighted by molar-refractivity contribution is 5.98. The second kappa shape index (κ2) is 8.56. The summed E-state index contributed by atoms with van der Waals surface area (Å²) >= 11 is 0. The number of carbonyl (C=O) groups is 1. The van der Waals surface area contributed by atoms with Crippen LogP contribution in [0.1, 0.15) is 6.42 Å². The minimum absolute atomic E-state index is 0.0734. The average molecular weight is 427 g/mol. The Labute approximate surface area is 177 Å². The molecule has 4 rings (SSSR count). The van der Waals surface area contributed by atoms with E-state index in [1.165, 1.54) is 30.3 Å². The van der Waals surface area contributed by atoms with Crippen molar-refractivity contribution in [1.29, 1.82) is 0 Å². The van der Waals surface area contributed by atoms with Crippen LogP contribution in [0.25, 0.3) is 0 Å². The van der Waals surface area contributed by atoms with Crippen LogP contribution in [0.15, 0.2) is 42.5 Å². The summed E-state index contributed by atoms with van der Waals surface area (Å²) in [7, 11) is 0. The van der Waals surface area contributed by atoms with Crippen molar-refractivity contribution in [2.24, 2.45) is 0 Å². The van der Waals surface area contributed by atoms with Crippen molar-refractivity contribution in [3.8, 4) is 5.75 Å². The number of rotatable bonds is 6. The summed E-state index contributed by atoms with van der Waals surface area (Å²) in [6.07, 6.45) is -0.151. The van der Waals surface area contributed by atoms with E-state index in [1.807, 2.05) is 0 Å². The summed E-state index contributed by atoms with van der Waals surface area (Å²) in [5.41, 5.74) is 1.23. The summed E-state index contributed by atoms with van der Waals surface area (Å²) in [4.78, 5) is 37.5. The molecule has 2 aliphatic rings. The fourth-order valence-corrected chi connectivity index (χ4v) is 3.76. The van der Waals surface area contributed by atoms with E-state index >= 15 is 0 Å². The third kappa shape index (κ3) is 4.56. The summed E-state index contributed by atoms with van der Waals surface area (Å²) < 4.78 is 5.76. The predicted octanol–water partition coefficient (Wildman–Crippen LogP) is 2.41. The van der Waals surface area contributed by atoms with Crippen LogP contribution in [0.4, 0.5) is 22.7 Å². The highest BCUT2D eigenvalue weighted by Gasteiger charge is 2.29. The van der Waals surface area contributed by atoms with Crippen LogP contribution < -0.4 is 15.0 Å². The van der Waals surface area contributed by atoms with E-state index in [0.29, 0.717) is 24.4 Å². The lowest BCUT2D eigenvalue weighted by Crippen LogP contribution is -2.48. The van der Waals surface area contributed by atoms with Crippen molar-refractivity contribution in [3.63, 3.8) is 0 Å². The van der Waals surface area contributed by atoms with Crippen molar-refractivity contribution < 1.29 is 19.4 Å². The quantitative estimate of drug-likeness (QED) is 0.549. The molecule has 0 bridgehead atoms. The first-order valence-corrected chi connectivity index (χ1v) is 9.88. The molecular weight excluding hydrogens is 406 g/mol. The molecule has 2 aromatic rings. The predicted molar refractivity (Wildman–Crippen MR) is 113 cm³/mol. The van der Waals surface area contributed by atoms with Gasteiger partial charge in [-0.2, -0.15) is 0 Å². The van der Waals surface area contributed by atoms with Crippen LogP contribution in [-0.4, -0.2) is 59.5 Å².